The summed E-state index contributed by atoms with van der Waals surface area (Å²) in [5.74, 6) is -3.37. The summed E-state index contributed by atoms with van der Waals surface area (Å²) in [6.07, 6.45) is 3.71. The zero-order valence-electron chi connectivity index (χ0n) is 24.8. The third kappa shape index (κ3) is 12.4. The molecule has 1 aromatic rings. The molecular formula is C30H47NO9. The molecule has 0 aliphatic heterocycles. The van der Waals surface area contributed by atoms with Crippen LogP contribution in [0.5, 0.6) is 11.5 Å². The number of hydrogen-bond acceptors (Lipinski definition) is 9. The fourth-order valence-electron chi connectivity index (χ4n) is 3.98. The average Bonchev–Trinajstić information content (AvgIpc) is 2.90. The first kappa shape index (κ1) is 34.9. The van der Waals surface area contributed by atoms with E-state index in [2.05, 4.69) is 0 Å². The number of esters is 2. The van der Waals surface area contributed by atoms with Crippen molar-refractivity contribution in [3.63, 3.8) is 0 Å². The van der Waals surface area contributed by atoms with Gasteiger partial charge in [0.2, 0.25) is 0 Å². The van der Waals surface area contributed by atoms with Gasteiger partial charge in [0.05, 0.1) is 13.2 Å². The lowest BCUT2D eigenvalue weighted by atomic mass is 9.82. The first-order chi connectivity index (χ1) is 18.9. The first-order valence-electron chi connectivity index (χ1n) is 14.3. The molecule has 3 N–H and O–H groups in total. The minimum absolute atomic E-state index is 0.00524. The van der Waals surface area contributed by atoms with Crippen molar-refractivity contribution in [2.75, 3.05) is 13.2 Å². The van der Waals surface area contributed by atoms with Gasteiger partial charge in [-0.15, -0.1) is 0 Å². The smallest absolute Gasteiger partial charge is 0.480 e. The van der Waals surface area contributed by atoms with Crippen molar-refractivity contribution in [2.24, 2.45) is 23.5 Å². The molecule has 0 aliphatic carbocycles. The number of carbonyl (C=O) groups excluding carboxylic acids is 3. The lowest BCUT2D eigenvalue weighted by Gasteiger charge is -2.28. The van der Waals surface area contributed by atoms with Crippen molar-refractivity contribution in [3.05, 3.63) is 23.8 Å². The Kier molecular flexibility index (Phi) is 15.9. The Balaban J connectivity index is 3.26. The Bertz CT molecular complexity index is 964. The predicted octanol–water partition coefficient (Wildman–Crippen LogP) is 5.84. The average molecular weight is 566 g/mol. The largest absolute Gasteiger partial charge is 0.508 e. The fourth-order valence-corrected chi connectivity index (χ4v) is 3.98. The molecule has 0 spiro atoms. The van der Waals surface area contributed by atoms with E-state index in [4.69, 9.17) is 24.7 Å². The molecule has 226 valence electrons. The maximum atomic E-state index is 12.7. The Labute approximate surface area is 237 Å². The molecular weight excluding hydrogens is 518 g/mol. The van der Waals surface area contributed by atoms with Crippen molar-refractivity contribution in [1.82, 2.24) is 0 Å². The molecule has 0 heterocycles. The standard InChI is InChI=1S/C30H47NO9/c1-7-10-11-14-37-30(36)38-18-21(6)27(28(31)29(34)35)22-12-13-23(39-25(32)15-19(4)8-2)24(17-22)40-26(33)16-20(5)9-3/h12-13,17,19-21,27-28H,7-11,14-16,18,31H2,1-6H3,(H,34,35)/t19?,20?,21?,27?,28-/m0/s1. The van der Waals surface area contributed by atoms with Crippen LogP contribution in [-0.2, 0) is 23.9 Å². The van der Waals surface area contributed by atoms with Gasteiger partial charge in [0.1, 0.15) is 6.04 Å². The highest BCUT2D eigenvalue weighted by atomic mass is 16.7. The molecule has 0 aromatic heterocycles. The number of carboxylic acids is 1. The number of unbranched alkanes of at least 4 members (excludes halogenated alkanes) is 2. The van der Waals surface area contributed by atoms with E-state index in [1.807, 2.05) is 34.6 Å². The second-order valence-electron chi connectivity index (χ2n) is 10.6. The van der Waals surface area contributed by atoms with E-state index in [0.29, 0.717) is 5.56 Å². The van der Waals surface area contributed by atoms with Crippen LogP contribution in [0.3, 0.4) is 0 Å². The van der Waals surface area contributed by atoms with Gasteiger partial charge < -0.3 is 29.8 Å². The van der Waals surface area contributed by atoms with Crippen molar-refractivity contribution in [3.8, 4) is 11.5 Å². The molecule has 0 saturated carbocycles. The molecule has 40 heavy (non-hydrogen) atoms. The van der Waals surface area contributed by atoms with Gasteiger partial charge in [-0.05, 0) is 41.9 Å². The summed E-state index contributed by atoms with van der Waals surface area (Å²) in [4.78, 5) is 49.1. The summed E-state index contributed by atoms with van der Waals surface area (Å²) < 4.78 is 21.4. The van der Waals surface area contributed by atoms with Crippen molar-refractivity contribution in [1.29, 1.82) is 0 Å². The SMILES string of the molecule is CCCCCOC(=O)OCC(C)C(c1ccc(OC(=O)CC(C)CC)c(OC(=O)CC(C)CC)c1)[C@H](N)C(=O)O. The summed E-state index contributed by atoms with van der Waals surface area (Å²) in [6.45, 7) is 11.6. The van der Waals surface area contributed by atoms with Crippen LogP contribution in [0.2, 0.25) is 0 Å². The minimum atomic E-state index is -1.36. The van der Waals surface area contributed by atoms with Crippen LogP contribution in [0.15, 0.2) is 18.2 Å². The molecule has 0 bridgehead atoms. The number of ether oxygens (including phenoxy) is 4. The van der Waals surface area contributed by atoms with Gasteiger partial charge in [-0.3, -0.25) is 14.4 Å². The summed E-state index contributed by atoms with van der Waals surface area (Å²) in [7, 11) is 0. The van der Waals surface area contributed by atoms with Crippen molar-refractivity contribution < 1.29 is 43.2 Å². The van der Waals surface area contributed by atoms with Crippen LogP contribution in [0, 0.1) is 17.8 Å². The minimum Gasteiger partial charge on any atom is -0.480 e. The zero-order chi connectivity index (χ0) is 30.2. The Morgan fingerprint density at radius 1 is 0.850 bits per heavy atom. The molecule has 0 amide bonds. The summed E-state index contributed by atoms with van der Waals surface area (Å²) in [5, 5.41) is 9.72. The molecule has 0 radical (unpaired) electrons. The molecule has 1 aromatic carbocycles. The van der Waals surface area contributed by atoms with Crippen LogP contribution in [0.1, 0.15) is 98.0 Å². The van der Waals surface area contributed by atoms with Crippen LogP contribution in [-0.4, -0.2) is 48.4 Å². The molecule has 0 saturated heterocycles. The lowest BCUT2D eigenvalue weighted by molar-refractivity contribution is -0.139. The number of hydrogen-bond donors (Lipinski definition) is 2. The Hall–Kier alpha value is -3.14. The van der Waals surface area contributed by atoms with Gasteiger partial charge in [0.15, 0.2) is 11.5 Å². The molecule has 10 nitrogen and oxygen atoms in total. The van der Waals surface area contributed by atoms with E-state index < -0.39 is 41.9 Å². The van der Waals surface area contributed by atoms with Gasteiger partial charge in [-0.1, -0.05) is 73.3 Å². The molecule has 5 atom stereocenters. The number of rotatable bonds is 18. The summed E-state index contributed by atoms with van der Waals surface area (Å²) in [6, 6.07) is 3.15. The number of benzene rings is 1. The highest BCUT2D eigenvalue weighted by Gasteiger charge is 2.33. The van der Waals surface area contributed by atoms with Gasteiger partial charge in [0.25, 0.3) is 0 Å². The second kappa shape index (κ2) is 18.3. The molecule has 1 rings (SSSR count). The number of aliphatic carboxylic acids is 1. The Morgan fingerprint density at radius 3 is 1.95 bits per heavy atom. The first-order valence-corrected chi connectivity index (χ1v) is 14.3. The van der Waals surface area contributed by atoms with E-state index in [9.17, 15) is 24.3 Å². The van der Waals surface area contributed by atoms with E-state index in [1.54, 1.807) is 13.0 Å². The van der Waals surface area contributed by atoms with Crippen molar-refractivity contribution >= 4 is 24.1 Å². The third-order valence-electron chi connectivity index (χ3n) is 6.94. The van der Waals surface area contributed by atoms with Crippen molar-refractivity contribution in [2.45, 2.75) is 98.4 Å². The predicted molar refractivity (Wildman–Crippen MR) is 150 cm³/mol. The quantitative estimate of drug-likeness (QED) is 0.126. The molecule has 0 aliphatic rings. The van der Waals surface area contributed by atoms with E-state index in [1.165, 1.54) is 12.1 Å². The second-order valence-corrected chi connectivity index (χ2v) is 10.6. The van der Waals surface area contributed by atoms with Gasteiger partial charge in [0, 0.05) is 18.8 Å². The fraction of sp³-hybridized carbons (Fsp3) is 0.667. The highest BCUT2D eigenvalue weighted by Crippen LogP contribution is 2.36. The van der Waals surface area contributed by atoms with Crippen LogP contribution >= 0.6 is 0 Å². The van der Waals surface area contributed by atoms with E-state index in [0.717, 1.165) is 32.1 Å². The molecule has 0 fully saturated rings. The lowest BCUT2D eigenvalue weighted by Crippen LogP contribution is -2.40. The third-order valence-corrected chi connectivity index (χ3v) is 6.94. The summed E-state index contributed by atoms with van der Waals surface area (Å²) >= 11 is 0. The van der Waals surface area contributed by atoms with Gasteiger partial charge >= 0.3 is 24.1 Å². The number of carboxylic acid groups (broad SMARTS) is 1. The monoisotopic (exact) mass is 565 g/mol. The van der Waals surface area contributed by atoms with Crippen LogP contribution < -0.4 is 15.2 Å². The van der Waals surface area contributed by atoms with Crippen LogP contribution in [0.4, 0.5) is 4.79 Å². The Morgan fingerprint density at radius 2 is 1.43 bits per heavy atom. The molecule has 10 heteroatoms. The van der Waals surface area contributed by atoms with Gasteiger partial charge in [-0.2, -0.15) is 0 Å². The van der Waals surface area contributed by atoms with Crippen LogP contribution in [0.25, 0.3) is 0 Å². The van der Waals surface area contributed by atoms with E-state index >= 15 is 0 Å². The zero-order valence-corrected chi connectivity index (χ0v) is 24.8. The number of carbonyl (C=O) groups is 4. The molecule has 4 unspecified atom stereocenters. The number of nitrogens with two attached hydrogens (primary N) is 1. The topological polar surface area (TPSA) is 151 Å². The highest BCUT2D eigenvalue weighted by molar-refractivity contribution is 5.77. The van der Waals surface area contributed by atoms with E-state index in [-0.39, 0.29) is 49.4 Å². The normalized spacial score (nSPS) is 14.8. The summed E-state index contributed by atoms with van der Waals surface area (Å²) in [5.41, 5.74) is 6.50. The van der Waals surface area contributed by atoms with Gasteiger partial charge in [-0.25, -0.2) is 4.79 Å². The maximum absolute atomic E-state index is 12.7. The maximum Gasteiger partial charge on any atom is 0.508 e.